The lowest BCUT2D eigenvalue weighted by Crippen LogP contribution is -1.76. The molecule has 0 aliphatic carbocycles. The molecule has 35 valence electrons. The summed E-state index contributed by atoms with van der Waals surface area (Å²) in [5.74, 6) is 1.15. The third-order valence-electron chi connectivity index (χ3n) is 0.747. The van der Waals surface area contributed by atoms with E-state index in [0.717, 1.165) is 12.2 Å². The Morgan fingerprint density at radius 3 is 2.83 bits per heavy atom. The second-order valence-electron chi connectivity index (χ2n) is 1.27. The molecule has 0 spiro atoms. The Hall–Kier alpha value is 0.640. The Labute approximate surface area is 47.3 Å². The number of alkyl halides is 1. The number of hydrogen-bond donors (Lipinski definition) is 0. The van der Waals surface area contributed by atoms with Crippen LogP contribution in [-0.4, -0.2) is 10.5 Å². The van der Waals surface area contributed by atoms with E-state index in [0.29, 0.717) is 4.71 Å². The summed E-state index contributed by atoms with van der Waals surface area (Å²) >= 11 is 7.45. The summed E-state index contributed by atoms with van der Waals surface area (Å²) in [6.45, 7) is 0. The SMILES string of the molecule is ClC1C[CH]CS1. The first-order valence-corrected chi connectivity index (χ1v) is 3.45. The van der Waals surface area contributed by atoms with Gasteiger partial charge in [-0.05, 0) is 18.6 Å². The number of thioether (sulfide) groups is 1. The average molecular weight is 122 g/mol. The molecule has 1 heterocycles. The zero-order valence-corrected chi connectivity index (χ0v) is 4.93. The van der Waals surface area contributed by atoms with Gasteiger partial charge >= 0.3 is 0 Å². The van der Waals surface area contributed by atoms with Crippen molar-refractivity contribution in [3.8, 4) is 0 Å². The van der Waals surface area contributed by atoms with Gasteiger partial charge in [0.15, 0.2) is 0 Å². The highest BCUT2D eigenvalue weighted by atomic mass is 35.5. The van der Waals surface area contributed by atoms with Gasteiger partial charge in [-0.25, -0.2) is 0 Å². The first kappa shape index (κ1) is 4.79. The molecule has 0 amide bonds. The molecule has 0 aromatic carbocycles. The second kappa shape index (κ2) is 2.08. The van der Waals surface area contributed by atoms with Crippen LogP contribution in [0.2, 0.25) is 0 Å². The van der Waals surface area contributed by atoms with Crippen molar-refractivity contribution < 1.29 is 0 Å². The van der Waals surface area contributed by atoms with E-state index in [2.05, 4.69) is 6.42 Å². The van der Waals surface area contributed by atoms with Crippen LogP contribution in [0, 0.1) is 6.42 Å². The fourth-order valence-corrected chi connectivity index (χ4v) is 1.54. The van der Waals surface area contributed by atoms with Crippen LogP contribution in [0.4, 0.5) is 0 Å². The van der Waals surface area contributed by atoms with E-state index in [1.807, 2.05) is 11.8 Å². The summed E-state index contributed by atoms with van der Waals surface area (Å²) < 4.78 is 0.380. The van der Waals surface area contributed by atoms with Crippen LogP contribution >= 0.6 is 23.4 Å². The first-order valence-electron chi connectivity index (χ1n) is 1.97. The highest BCUT2D eigenvalue weighted by Crippen LogP contribution is 2.27. The second-order valence-corrected chi connectivity index (χ2v) is 3.29. The van der Waals surface area contributed by atoms with Crippen LogP contribution in [0.3, 0.4) is 0 Å². The quantitative estimate of drug-likeness (QED) is 0.441. The summed E-state index contributed by atoms with van der Waals surface area (Å²) in [5.41, 5.74) is 0. The van der Waals surface area contributed by atoms with Gasteiger partial charge in [0, 0.05) is 0 Å². The molecule has 1 aliphatic heterocycles. The maximum Gasteiger partial charge on any atom is 0.0792 e. The minimum Gasteiger partial charge on any atom is -0.142 e. The van der Waals surface area contributed by atoms with Crippen LogP contribution in [0.1, 0.15) is 6.42 Å². The third-order valence-corrected chi connectivity index (χ3v) is 2.29. The maximum absolute atomic E-state index is 5.64. The number of hydrogen-bond acceptors (Lipinski definition) is 1. The van der Waals surface area contributed by atoms with Crippen molar-refractivity contribution in [3.63, 3.8) is 0 Å². The first-order chi connectivity index (χ1) is 2.89. The van der Waals surface area contributed by atoms with Crippen molar-refractivity contribution in [2.75, 3.05) is 5.75 Å². The smallest absolute Gasteiger partial charge is 0.0792 e. The minimum atomic E-state index is 0.380. The highest BCUT2D eigenvalue weighted by Gasteiger charge is 2.10. The van der Waals surface area contributed by atoms with E-state index in [1.54, 1.807) is 0 Å². The lowest BCUT2D eigenvalue weighted by Gasteiger charge is -1.88. The Morgan fingerprint density at radius 1 is 1.83 bits per heavy atom. The molecule has 1 fully saturated rings. The molecule has 1 radical (unpaired) electrons. The van der Waals surface area contributed by atoms with Gasteiger partial charge in [0.05, 0.1) is 4.71 Å². The van der Waals surface area contributed by atoms with Gasteiger partial charge in [-0.3, -0.25) is 0 Å². The largest absolute Gasteiger partial charge is 0.142 e. The van der Waals surface area contributed by atoms with Crippen molar-refractivity contribution in [3.05, 3.63) is 6.42 Å². The molecule has 0 N–H and O–H groups in total. The van der Waals surface area contributed by atoms with Gasteiger partial charge in [-0.1, -0.05) is 0 Å². The Morgan fingerprint density at radius 2 is 2.67 bits per heavy atom. The Kier molecular flexibility index (Phi) is 1.66. The molecular formula is C4H6ClS. The van der Waals surface area contributed by atoms with Crippen molar-refractivity contribution in [1.29, 1.82) is 0 Å². The van der Waals surface area contributed by atoms with E-state index < -0.39 is 0 Å². The van der Waals surface area contributed by atoms with E-state index in [9.17, 15) is 0 Å². The summed E-state index contributed by atoms with van der Waals surface area (Å²) in [6, 6.07) is 0. The van der Waals surface area contributed by atoms with Crippen LogP contribution in [0.15, 0.2) is 0 Å². The lowest BCUT2D eigenvalue weighted by atomic mass is 10.4. The number of halogens is 1. The van der Waals surface area contributed by atoms with Crippen molar-refractivity contribution >= 4 is 23.4 Å². The zero-order chi connectivity index (χ0) is 4.41. The van der Waals surface area contributed by atoms with Crippen molar-refractivity contribution in [2.24, 2.45) is 0 Å². The monoisotopic (exact) mass is 121 g/mol. The molecule has 0 aromatic rings. The van der Waals surface area contributed by atoms with E-state index in [1.165, 1.54) is 0 Å². The fraction of sp³-hybridized carbons (Fsp3) is 0.750. The Bertz CT molecular complexity index is 40.8. The van der Waals surface area contributed by atoms with Gasteiger partial charge in [-0.15, -0.1) is 23.4 Å². The molecule has 0 bridgehead atoms. The van der Waals surface area contributed by atoms with Crippen molar-refractivity contribution in [2.45, 2.75) is 11.1 Å². The van der Waals surface area contributed by atoms with Crippen molar-refractivity contribution in [1.82, 2.24) is 0 Å². The summed E-state index contributed by atoms with van der Waals surface area (Å²) in [4.78, 5) is 0. The molecule has 1 saturated heterocycles. The van der Waals surface area contributed by atoms with Gasteiger partial charge < -0.3 is 0 Å². The molecule has 1 unspecified atom stereocenters. The van der Waals surface area contributed by atoms with E-state index in [-0.39, 0.29) is 0 Å². The van der Waals surface area contributed by atoms with Crippen LogP contribution in [0.25, 0.3) is 0 Å². The van der Waals surface area contributed by atoms with Gasteiger partial charge in [-0.2, -0.15) is 0 Å². The molecule has 1 atom stereocenters. The molecule has 6 heavy (non-hydrogen) atoms. The normalized spacial score (nSPS) is 34.5. The lowest BCUT2D eigenvalue weighted by molar-refractivity contribution is 1.11. The molecule has 1 aliphatic rings. The van der Waals surface area contributed by atoms with Gasteiger partial charge in [0.25, 0.3) is 0 Å². The predicted octanol–water partition coefficient (Wildman–Crippen LogP) is 1.89. The van der Waals surface area contributed by atoms with E-state index in [4.69, 9.17) is 11.6 Å². The Balaban J connectivity index is 2.18. The minimum absolute atomic E-state index is 0.380. The molecule has 1 rings (SSSR count). The summed E-state index contributed by atoms with van der Waals surface area (Å²) in [7, 11) is 0. The molecular weight excluding hydrogens is 116 g/mol. The van der Waals surface area contributed by atoms with Crippen LogP contribution < -0.4 is 0 Å². The summed E-state index contributed by atoms with van der Waals surface area (Å²) in [6.07, 6.45) is 3.30. The summed E-state index contributed by atoms with van der Waals surface area (Å²) in [5, 5.41) is 0. The van der Waals surface area contributed by atoms with Gasteiger partial charge in [0.1, 0.15) is 0 Å². The topological polar surface area (TPSA) is 0 Å². The van der Waals surface area contributed by atoms with E-state index >= 15 is 0 Å². The predicted molar refractivity (Wildman–Crippen MR) is 31.0 cm³/mol. The molecule has 0 aromatic heterocycles. The van der Waals surface area contributed by atoms with Crippen LogP contribution in [-0.2, 0) is 0 Å². The molecule has 0 saturated carbocycles. The molecule has 0 nitrogen and oxygen atoms in total. The maximum atomic E-state index is 5.64. The highest BCUT2D eigenvalue weighted by molar-refractivity contribution is 8.01. The average Bonchev–Trinajstić information content (AvgIpc) is 1.86. The fourth-order valence-electron chi connectivity index (χ4n) is 0.440. The molecule has 2 heteroatoms. The standard InChI is InChI=1S/C4H6ClS/c5-4-2-1-3-6-4/h1,4H,2-3H2. The third kappa shape index (κ3) is 1.05. The van der Waals surface area contributed by atoms with Gasteiger partial charge in [0.2, 0.25) is 0 Å². The number of rotatable bonds is 0. The zero-order valence-electron chi connectivity index (χ0n) is 3.36. The van der Waals surface area contributed by atoms with Crippen LogP contribution in [0.5, 0.6) is 0 Å².